The lowest BCUT2D eigenvalue weighted by Crippen LogP contribution is -2.61. The van der Waals surface area contributed by atoms with Gasteiger partial charge < -0.3 is 25.6 Å². The molecule has 7 rings (SSSR count). The molecule has 5 aliphatic rings. The van der Waals surface area contributed by atoms with Crippen LogP contribution in [0.1, 0.15) is 82.1 Å². The van der Waals surface area contributed by atoms with E-state index < -0.39 is 73.2 Å². The Hall–Kier alpha value is -4.44. The average Bonchev–Trinajstić information content (AvgIpc) is 4.08. The van der Waals surface area contributed by atoms with Gasteiger partial charge in [0.15, 0.2) is 0 Å². The Morgan fingerprint density at radius 2 is 1.80 bits per heavy atom. The van der Waals surface area contributed by atoms with Gasteiger partial charge in [0.1, 0.15) is 29.1 Å². The zero-order chi connectivity index (χ0) is 39.0. The molecule has 1 saturated heterocycles. The van der Waals surface area contributed by atoms with E-state index in [-0.39, 0.29) is 37.4 Å². The molecule has 4 heterocycles. The number of carbonyl (C=O) groups is 5. The quantitative estimate of drug-likeness (QED) is 0.336. The van der Waals surface area contributed by atoms with Crippen molar-refractivity contribution in [3.05, 3.63) is 60.3 Å². The van der Waals surface area contributed by atoms with Crippen LogP contribution >= 0.6 is 11.8 Å². The van der Waals surface area contributed by atoms with Crippen molar-refractivity contribution in [2.24, 2.45) is 5.92 Å². The van der Waals surface area contributed by atoms with E-state index in [1.807, 2.05) is 50.3 Å². The van der Waals surface area contributed by atoms with Crippen LogP contribution in [-0.2, 0) is 29.2 Å². The molecule has 0 spiro atoms. The second kappa shape index (κ2) is 15.6. The third kappa shape index (κ3) is 8.69. The maximum Gasteiger partial charge on any atom is 0.270 e. The Morgan fingerprint density at radius 1 is 1.02 bits per heavy atom. The Morgan fingerprint density at radius 3 is 2.60 bits per heavy atom. The Balaban J connectivity index is 1.22. The van der Waals surface area contributed by atoms with E-state index in [9.17, 15) is 32.4 Å². The summed E-state index contributed by atoms with van der Waals surface area (Å²) in [5.74, 6) is -1.95. The number of aromatic nitrogens is 1. The van der Waals surface area contributed by atoms with Crippen molar-refractivity contribution in [1.29, 1.82) is 0 Å². The van der Waals surface area contributed by atoms with Crippen molar-refractivity contribution in [1.82, 2.24) is 30.6 Å². The number of allylic oxidation sites excluding steroid dienone is 1. The number of hydrogen-bond acceptors (Lipinski definition) is 10. The van der Waals surface area contributed by atoms with Gasteiger partial charge in [0.2, 0.25) is 27.7 Å². The van der Waals surface area contributed by atoms with Gasteiger partial charge >= 0.3 is 0 Å². The number of nitrogens with zero attached hydrogens (tertiary/aromatic N) is 2. The number of amides is 5. The lowest BCUT2D eigenvalue weighted by molar-refractivity contribution is -0.142. The van der Waals surface area contributed by atoms with Gasteiger partial charge in [-0.15, -0.1) is 0 Å². The molecule has 294 valence electrons. The largest absolute Gasteiger partial charge is 0.494 e. The Labute approximate surface area is 325 Å². The summed E-state index contributed by atoms with van der Waals surface area (Å²) in [6.45, 7) is 4.18. The van der Waals surface area contributed by atoms with E-state index in [1.165, 1.54) is 16.7 Å². The molecule has 1 aromatic heterocycles. The molecular formula is C39H48N6O8S2. The summed E-state index contributed by atoms with van der Waals surface area (Å²) in [6.07, 6.45) is 7.65. The lowest BCUT2D eigenvalue weighted by atomic mass is 10.00. The third-order valence-electron chi connectivity index (χ3n) is 11.0. The maximum absolute atomic E-state index is 14.8. The lowest BCUT2D eigenvalue weighted by Gasteiger charge is -2.37. The van der Waals surface area contributed by atoms with Gasteiger partial charge in [0.05, 0.1) is 17.6 Å². The summed E-state index contributed by atoms with van der Waals surface area (Å²) >= 11 is 1.51. The number of hydrogen-bond donors (Lipinski definition) is 4. The molecule has 55 heavy (non-hydrogen) atoms. The topological polar surface area (TPSA) is 193 Å². The highest BCUT2D eigenvalue weighted by Gasteiger charge is 2.62. The summed E-state index contributed by atoms with van der Waals surface area (Å²) < 4.78 is 33.0. The average molecular weight is 793 g/mol. The second-order valence-corrected chi connectivity index (χ2v) is 19.3. The first kappa shape index (κ1) is 38.8. The van der Waals surface area contributed by atoms with Crippen molar-refractivity contribution in [2.75, 3.05) is 18.9 Å². The number of nitrogens with one attached hydrogen (secondary N) is 4. The van der Waals surface area contributed by atoms with Crippen molar-refractivity contribution in [3.8, 4) is 17.0 Å². The van der Waals surface area contributed by atoms with Crippen LogP contribution in [0.2, 0.25) is 0 Å². The molecule has 3 fully saturated rings. The predicted octanol–water partition coefficient (Wildman–Crippen LogP) is 2.84. The number of thioether (sulfide) groups is 1. The van der Waals surface area contributed by atoms with E-state index >= 15 is 0 Å². The minimum absolute atomic E-state index is 0.00913. The molecule has 5 amide bonds. The molecule has 7 bridgehead atoms. The second-order valence-electron chi connectivity index (χ2n) is 15.6. The normalized spacial score (nSPS) is 29.5. The molecule has 2 aromatic rings. The maximum atomic E-state index is 14.8. The summed E-state index contributed by atoms with van der Waals surface area (Å²) in [4.78, 5) is 76.1. The minimum Gasteiger partial charge on any atom is -0.494 e. The molecule has 3 aliphatic heterocycles. The van der Waals surface area contributed by atoms with Gasteiger partial charge in [-0.25, -0.2) is 13.4 Å². The van der Waals surface area contributed by atoms with Crippen LogP contribution in [0.3, 0.4) is 0 Å². The zero-order valence-corrected chi connectivity index (χ0v) is 32.7. The van der Waals surface area contributed by atoms with Crippen LogP contribution in [0.15, 0.2) is 54.6 Å². The van der Waals surface area contributed by atoms with Crippen LogP contribution in [0.25, 0.3) is 11.3 Å². The van der Waals surface area contributed by atoms with E-state index in [4.69, 9.17) is 4.74 Å². The first-order valence-electron chi connectivity index (χ1n) is 19.1. The van der Waals surface area contributed by atoms with E-state index in [0.717, 1.165) is 12.0 Å². The SMILES string of the molecule is CC1(C)SCC/C=C\[C@@H]2C[C@@]2(C(=O)NS(=O)(=O)C2CC2)NC(=O)[C@@H]2C[C@@H]3CN2C(=O)[C@H]1NC(=O)CCCCCOc1cccc(c1)-c1cccc(n1)C(=O)N3. The first-order valence-corrected chi connectivity index (χ1v) is 21.6. The monoisotopic (exact) mass is 792 g/mol. The third-order valence-corrected chi connectivity index (χ3v) is 14.2. The van der Waals surface area contributed by atoms with Crippen molar-refractivity contribution in [2.45, 2.75) is 105 Å². The standard InChI is InChI=1S/C39H48N6O8S2/c1-38(2)33-36(49)45-23-26(21-31(45)35(48)43-39(22-25(39)11-5-7-19-54-38)37(50)44-55(51,52)28-16-17-28)40-34(47)30-14-9-13-29(41-30)24-10-8-12-27(20-24)53-18-6-3-4-15-32(46)42-33/h5,8-14,20,25-26,28,31,33H,3-4,6-7,15-19,21-23H2,1-2H3,(H,40,47)(H,42,46)(H,43,48)(H,44,50)/b11-5-/t25-,26-,31+,33-,39-/m1/s1. The van der Waals surface area contributed by atoms with Crippen LogP contribution in [0.5, 0.6) is 5.75 Å². The van der Waals surface area contributed by atoms with Crippen LogP contribution in [-0.4, -0.2) is 100 Å². The molecule has 5 atom stereocenters. The molecule has 0 radical (unpaired) electrons. The van der Waals surface area contributed by atoms with E-state index in [0.29, 0.717) is 55.9 Å². The van der Waals surface area contributed by atoms with E-state index in [2.05, 4.69) is 25.7 Å². The first-order chi connectivity index (χ1) is 26.3. The minimum atomic E-state index is -3.90. The number of sulfonamides is 1. The number of ether oxygens (including phenoxy) is 1. The van der Waals surface area contributed by atoms with Gasteiger partial charge in [0.25, 0.3) is 11.8 Å². The molecule has 14 nitrogen and oxygen atoms in total. The van der Waals surface area contributed by atoms with Gasteiger partial charge in [0, 0.05) is 35.2 Å². The van der Waals surface area contributed by atoms with Gasteiger partial charge in [-0.3, -0.25) is 28.7 Å². The Bertz CT molecular complexity index is 2000. The van der Waals surface area contributed by atoms with Crippen LogP contribution in [0.4, 0.5) is 0 Å². The molecule has 2 saturated carbocycles. The van der Waals surface area contributed by atoms with Crippen LogP contribution in [0, 0.1) is 5.92 Å². The highest BCUT2D eigenvalue weighted by Crippen LogP contribution is 2.46. The van der Waals surface area contributed by atoms with Crippen molar-refractivity contribution < 1.29 is 37.1 Å². The molecule has 16 heteroatoms. The number of carbonyl (C=O) groups excluding carboxylic acids is 5. The van der Waals surface area contributed by atoms with Gasteiger partial charge in [-0.1, -0.05) is 30.4 Å². The molecular weight excluding hydrogens is 745 g/mol. The van der Waals surface area contributed by atoms with E-state index in [1.54, 1.807) is 18.2 Å². The Kier molecular flexibility index (Phi) is 11.0. The highest BCUT2D eigenvalue weighted by atomic mass is 32.2. The molecule has 1 aromatic carbocycles. The summed E-state index contributed by atoms with van der Waals surface area (Å²) in [6, 6.07) is 9.69. The number of benzene rings is 1. The van der Waals surface area contributed by atoms with Crippen molar-refractivity contribution in [3.63, 3.8) is 0 Å². The number of fused-ring (bicyclic) bond motifs is 8. The van der Waals surface area contributed by atoms with Gasteiger partial charge in [-0.05, 0) is 95.2 Å². The zero-order valence-electron chi connectivity index (χ0n) is 31.0. The summed E-state index contributed by atoms with van der Waals surface area (Å²) in [5, 5.41) is 8.18. The van der Waals surface area contributed by atoms with Crippen molar-refractivity contribution >= 4 is 51.3 Å². The van der Waals surface area contributed by atoms with Crippen LogP contribution < -0.4 is 25.4 Å². The molecule has 4 N–H and O–H groups in total. The molecule has 0 unspecified atom stereocenters. The summed E-state index contributed by atoms with van der Waals surface area (Å²) in [5.41, 5.74) is -0.0583. The fraction of sp³-hybridized carbons (Fsp3) is 0.538. The fourth-order valence-corrected chi connectivity index (χ4v) is 10.0. The number of rotatable bonds is 3. The smallest absolute Gasteiger partial charge is 0.270 e. The predicted molar refractivity (Wildman–Crippen MR) is 206 cm³/mol. The number of pyridine rings is 1. The summed E-state index contributed by atoms with van der Waals surface area (Å²) in [7, 11) is -3.90. The highest BCUT2D eigenvalue weighted by molar-refractivity contribution is 8.00. The fourth-order valence-electron chi connectivity index (χ4n) is 7.55. The van der Waals surface area contributed by atoms with Gasteiger partial charge in [-0.2, -0.15) is 11.8 Å². The molecule has 2 aliphatic carbocycles.